The van der Waals surface area contributed by atoms with Gasteiger partial charge in [0.05, 0.1) is 5.56 Å². The van der Waals surface area contributed by atoms with Crippen LogP contribution in [0.2, 0.25) is 0 Å². The van der Waals surface area contributed by atoms with Gasteiger partial charge in [0, 0.05) is 13.1 Å². The topological polar surface area (TPSA) is 53.7 Å². The first-order valence-electron chi connectivity index (χ1n) is 7.70. The fourth-order valence-electron chi connectivity index (χ4n) is 3.18. The van der Waals surface area contributed by atoms with E-state index in [9.17, 15) is 9.90 Å². The summed E-state index contributed by atoms with van der Waals surface area (Å²) >= 11 is 0. The number of aryl methyl sites for hydroxylation is 2. The first-order valence-corrected chi connectivity index (χ1v) is 7.70. The van der Waals surface area contributed by atoms with Crippen molar-refractivity contribution in [2.24, 2.45) is 0 Å². The molecule has 4 nitrogen and oxygen atoms in total. The molecule has 0 aliphatic carbocycles. The smallest absolute Gasteiger partial charge is 0.257 e. The number of nitrogens with zero attached hydrogens (tertiary/aromatic N) is 1. The van der Waals surface area contributed by atoms with Crippen molar-refractivity contribution in [2.75, 3.05) is 13.1 Å². The van der Waals surface area contributed by atoms with Crippen molar-refractivity contribution in [3.63, 3.8) is 0 Å². The van der Waals surface area contributed by atoms with Crippen molar-refractivity contribution in [1.29, 1.82) is 0 Å². The predicted octanol–water partition coefficient (Wildman–Crippen LogP) is 3.62. The first-order chi connectivity index (χ1) is 10.5. The van der Waals surface area contributed by atoms with E-state index in [-0.39, 0.29) is 5.91 Å². The van der Waals surface area contributed by atoms with Crippen LogP contribution in [0.15, 0.2) is 34.7 Å². The van der Waals surface area contributed by atoms with Gasteiger partial charge in [-0.05, 0) is 56.4 Å². The summed E-state index contributed by atoms with van der Waals surface area (Å²) in [7, 11) is 0. The van der Waals surface area contributed by atoms with Crippen molar-refractivity contribution in [2.45, 2.75) is 32.6 Å². The van der Waals surface area contributed by atoms with Gasteiger partial charge in [0.25, 0.3) is 5.91 Å². The molecule has 1 aliphatic heterocycles. The maximum Gasteiger partial charge on any atom is 0.257 e. The number of phenolic OH excluding ortho intramolecular Hbond substituents is 1. The van der Waals surface area contributed by atoms with E-state index in [0.29, 0.717) is 23.0 Å². The number of piperidine rings is 1. The third-order valence-electron chi connectivity index (χ3n) is 4.42. The van der Waals surface area contributed by atoms with E-state index in [1.165, 1.54) is 5.56 Å². The molecule has 0 atom stereocenters. The van der Waals surface area contributed by atoms with Crippen molar-refractivity contribution < 1.29 is 14.3 Å². The van der Waals surface area contributed by atoms with Crippen molar-refractivity contribution in [3.05, 3.63) is 53.0 Å². The number of benzene rings is 1. The van der Waals surface area contributed by atoms with E-state index in [0.717, 1.165) is 31.7 Å². The quantitative estimate of drug-likeness (QED) is 0.921. The number of phenols is 1. The molecule has 4 heteroatoms. The van der Waals surface area contributed by atoms with E-state index in [2.05, 4.69) is 0 Å². The zero-order valence-corrected chi connectivity index (χ0v) is 13.0. The summed E-state index contributed by atoms with van der Waals surface area (Å²) in [5.41, 5.74) is 1.92. The lowest BCUT2D eigenvalue weighted by Gasteiger charge is -2.32. The van der Waals surface area contributed by atoms with Gasteiger partial charge in [-0.15, -0.1) is 0 Å². The molecule has 1 fully saturated rings. The fourth-order valence-corrected chi connectivity index (χ4v) is 3.18. The van der Waals surface area contributed by atoms with Crippen LogP contribution in [-0.2, 0) is 0 Å². The highest BCUT2D eigenvalue weighted by molar-refractivity contribution is 5.95. The Morgan fingerprint density at radius 3 is 2.36 bits per heavy atom. The van der Waals surface area contributed by atoms with Gasteiger partial charge in [0.15, 0.2) is 0 Å². The number of amides is 1. The Kier molecular flexibility index (Phi) is 3.92. The Hall–Kier alpha value is -2.23. The molecule has 1 saturated heterocycles. The summed E-state index contributed by atoms with van der Waals surface area (Å²) in [6.45, 7) is 5.21. The average molecular weight is 299 g/mol. The van der Waals surface area contributed by atoms with Crippen molar-refractivity contribution in [1.82, 2.24) is 4.90 Å². The largest absolute Gasteiger partial charge is 0.508 e. The monoisotopic (exact) mass is 299 g/mol. The molecule has 0 bridgehead atoms. The second-order valence-electron chi connectivity index (χ2n) is 5.98. The number of carbonyl (C=O) groups excluding carboxylic acids is 1. The molecule has 0 spiro atoms. The molecule has 2 heterocycles. The minimum Gasteiger partial charge on any atom is -0.508 e. The molecule has 1 aromatic carbocycles. The van der Waals surface area contributed by atoms with Crippen LogP contribution in [0, 0.1) is 13.8 Å². The molecule has 116 valence electrons. The zero-order valence-electron chi connectivity index (χ0n) is 13.0. The van der Waals surface area contributed by atoms with E-state index in [1.807, 2.05) is 36.9 Å². The molecular weight excluding hydrogens is 278 g/mol. The van der Waals surface area contributed by atoms with Crippen LogP contribution < -0.4 is 0 Å². The number of rotatable bonds is 2. The summed E-state index contributed by atoms with van der Waals surface area (Å²) in [5.74, 6) is 2.29. The normalized spacial score (nSPS) is 16.0. The lowest BCUT2D eigenvalue weighted by atomic mass is 9.89. The van der Waals surface area contributed by atoms with Gasteiger partial charge >= 0.3 is 0 Å². The highest BCUT2D eigenvalue weighted by Crippen LogP contribution is 2.30. The third-order valence-corrected chi connectivity index (χ3v) is 4.42. The minimum atomic E-state index is 0.0681. The molecule has 0 saturated carbocycles. The summed E-state index contributed by atoms with van der Waals surface area (Å²) in [4.78, 5) is 14.5. The molecule has 1 aliphatic rings. The maximum atomic E-state index is 12.6. The zero-order chi connectivity index (χ0) is 15.7. The molecule has 2 aromatic rings. The third kappa shape index (κ3) is 2.86. The Bertz CT molecular complexity index is 664. The van der Waals surface area contributed by atoms with Crippen molar-refractivity contribution >= 4 is 5.91 Å². The lowest BCUT2D eigenvalue weighted by Crippen LogP contribution is -2.38. The molecule has 3 rings (SSSR count). The van der Waals surface area contributed by atoms with Gasteiger partial charge in [0.1, 0.15) is 17.3 Å². The van der Waals surface area contributed by atoms with E-state index in [4.69, 9.17) is 4.42 Å². The number of hydrogen-bond donors (Lipinski definition) is 1. The maximum absolute atomic E-state index is 12.6. The van der Waals surface area contributed by atoms with Crippen LogP contribution in [0.3, 0.4) is 0 Å². The predicted molar refractivity (Wildman–Crippen MR) is 84.2 cm³/mol. The number of hydrogen-bond acceptors (Lipinski definition) is 3. The van der Waals surface area contributed by atoms with Crippen molar-refractivity contribution in [3.8, 4) is 5.75 Å². The van der Waals surface area contributed by atoms with Crippen LogP contribution in [-0.4, -0.2) is 29.0 Å². The van der Waals surface area contributed by atoms with Crippen LogP contribution in [0.25, 0.3) is 0 Å². The second kappa shape index (κ2) is 5.87. The number of furan rings is 1. The number of likely N-dealkylation sites (tertiary alicyclic amines) is 1. The molecule has 0 unspecified atom stereocenters. The average Bonchev–Trinajstić information content (AvgIpc) is 2.86. The number of carbonyl (C=O) groups is 1. The second-order valence-corrected chi connectivity index (χ2v) is 5.98. The first kappa shape index (κ1) is 14.7. The standard InChI is InChI=1S/C18H21NO3/c1-12-11-17(13(2)22-12)18(21)19-9-7-15(8-10-19)14-3-5-16(20)6-4-14/h3-6,11,15,20H,7-10H2,1-2H3. The molecular formula is C18H21NO3. The summed E-state index contributed by atoms with van der Waals surface area (Å²) in [6.07, 6.45) is 1.90. The van der Waals surface area contributed by atoms with Crippen LogP contribution in [0.5, 0.6) is 5.75 Å². The summed E-state index contributed by atoms with van der Waals surface area (Å²) in [5, 5.41) is 9.36. The van der Waals surface area contributed by atoms with E-state index < -0.39 is 0 Å². The fraction of sp³-hybridized carbons (Fsp3) is 0.389. The van der Waals surface area contributed by atoms with Gasteiger partial charge in [-0.3, -0.25) is 4.79 Å². The molecule has 1 amide bonds. The Labute approximate surface area is 130 Å². The van der Waals surface area contributed by atoms with E-state index >= 15 is 0 Å². The Morgan fingerprint density at radius 1 is 1.18 bits per heavy atom. The SMILES string of the molecule is Cc1cc(C(=O)N2CCC(c3ccc(O)cc3)CC2)c(C)o1. The van der Waals surface area contributed by atoms with Crippen LogP contribution in [0.1, 0.15) is 46.2 Å². The summed E-state index contributed by atoms with van der Waals surface area (Å²) < 4.78 is 5.46. The minimum absolute atomic E-state index is 0.0681. The highest BCUT2D eigenvalue weighted by Gasteiger charge is 2.26. The Morgan fingerprint density at radius 2 is 1.82 bits per heavy atom. The van der Waals surface area contributed by atoms with Gasteiger partial charge in [-0.1, -0.05) is 12.1 Å². The van der Waals surface area contributed by atoms with Gasteiger partial charge < -0.3 is 14.4 Å². The van der Waals surface area contributed by atoms with Crippen LogP contribution in [0.4, 0.5) is 0 Å². The Balaban J connectivity index is 1.65. The van der Waals surface area contributed by atoms with Gasteiger partial charge in [-0.2, -0.15) is 0 Å². The molecule has 1 aromatic heterocycles. The van der Waals surface area contributed by atoms with Crippen LogP contribution >= 0.6 is 0 Å². The number of aromatic hydroxyl groups is 1. The molecule has 22 heavy (non-hydrogen) atoms. The van der Waals surface area contributed by atoms with Gasteiger partial charge in [-0.25, -0.2) is 0 Å². The van der Waals surface area contributed by atoms with E-state index in [1.54, 1.807) is 12.1 Å². The van der Waals surface area contributed by atoms with Gasteiger partial charge in [0.2, 0.25) is 0 Å². The molecule has 1 N–H and O–H groups in total. The molecule has 0 radical (unpaired) electrons. The highest BCUT2D eigenvalue weighted by atomic mass is 16.3. The summed E-state index contributed by atoms with van der Waals surface area (Å²) in [6, 6.07) is 9.22. The lowest BCUT2D eigenvalue weighted by molar-refractivity contribution is 0.0711.